The van der Waals surface area contributed by atoms with Gasteiger partial charge in [0, 0.05) is 39.3 Å². The van der Waals surface area contributed by atoms with Crippen LogP contribution in [0.2, 0.25) is 0 Å². The van der Waals surface area contributed by atoms with E-state index in [-0.39, 0.29) is 0 Å². The number of likely N-dealkylation sites (N-methyl/N-ethyl adjacent to an activating group) is 1. The van der Waals surface area contributed by atoms with E-state index >= 15 is 0 Å². The Labute approximate surface area is 107 Å². The van der Waals surface area contributed by atoms with Gasteiger partial charge in [-0.15, -0.1) is 0 Å². The van der Waals surface area contributed by atoms with Gasteiger partial charge in [0.05, 0.1) is 0 Å². The van der Waals surface area contributed by atoms with Gasteiger partial charge >= 0.3 is 0 Å². The Hall–Kier alpha value is -0.160. The molecule has 0 aromatic rings. The van der Waals surface area contributed by atoms with Crippen molar-refractivity contribution in [2.75, 3.05) is 73.0 Å². The first-order chi connectivity index (χ1) is 8.22. The molecule has 0 bridgehead atoms. The summed E-state index contributed by atoms with van der Waals surface area (Å²) in [6.07, 6.45) is 1.28. The second-order valence-corrected chi connectivity index (χ2v) is 5.18. The Morgan fingerprint density at radius 2 is 1.76 bits per heavy atom. The van der Waals surface area contributed by atoms with Crippen LogP contribution in [0.15, 0.2) is 0 Å². The first-order valence-electron chi connectivity index (χ1n) is 7.02. The average molecular weight is 242 g/mol. The molecule has 17 heavy (non-hydrogen) atoms. The summed E-state index contributed by atoms with van der Waals surface area (Å²) in [6, 6.07) is 0. The molecule has 1 heterocycles. The van der Waals surface area contributed by atoms with Crippen molar-refractivity contribution in [1.29, 1.82) is 0 Å². The Morgan fingerprint density at radius 1 is 1.06 bits per heavy atom. The van der Waals surface area contributed by atoms with Crippen molar-refractivity contribution in [3.05, 3.63) is 0 Å². The van der Waals surface area contributed by atoms with Gasteiger partial charge in [0.1, 0.15) is 0 Å². The largest absolute Gasteiger partial charge is 0.314 e. The molecule has 1 saturated heterocycles. The van der Waals surface area contributed by atoms with Gasteiger partial charge in [-0.3, -0.25) is 4.90 Å². The summed E-state index contributed by atoms with van der Waals surface area (Å²) in [6.45, 7) is 13.1. The van der Waals surface area contributed by atoms with Crippen molar-refractivity contribution < 1.29 is 0 Å². The normalized spacial score (nSPS) is 18.2. The van der Waals surface area contributed by atoms with Crippen molar-refractivity contribution in [1.82, 2.24) is 20.0 Å². The molecule has 1 aliphatic rings. The minimum atomic E-state index is 1.16. The molecule has 0 atom stereocenters. The maximum atomic E-state index is 3.40. The van der Waals surface area contributed by atoms with Crippen LogP contribution >= 0.6 is 0 Å². The molecule has 102 valence electrons. The van der Waals surface area contributed by atoms with Crippen LogP contribution in [-0.2, 0) is 0 Å². The van der Waals surface area contributed by atoms with Crippen LogP contribution in [0.5, 0.6) is 0 Å². The van der Waals surface area contributed by atoms with Crippen LogP contribution in [0, 0.1) is 0 Å². The minimum absolute atomic E-state index is 1.16. The lowest BCUT2D eigenvalue weighted by molar-refractivity contribution is 0.188. The molecular weight excluding hydrogens is 212 g/mol. The summed E-state index contributed by atoms with van der Waals surface area (Å²) < 4.78 is 0. The Morgan fingerprint density at radius 3 is 2.35 bits per heavy atom. The van der Waals surface area contributed by atoms with Gasteiger partial charge < -0.3 is 15.1 Å². The molecular formula is C13H30N4. The number of nitrogens with one attached hydrogen (secondary N) is 1. The number of nitrogens with zero attached hydrogens (tertiary/aromatic N) is 3. The van der Waals surface area contributed by atoms with Gasteiger partial charge in [0.15, 0.2) is 0 Å². The van der Waals surface area contributed by atoms with Crippen LogP contribution in [0.25, 0.3) is 0 Å². The van der Waals surface area contributed by atoms with Gasteiger partial charge in [-0.1, -0.05) is 6.92 Å². The second kappa shape index (κ2) is 8.86. The van der Waals surface area contributed by atoms with E-state index in [4.69, 9.17) is 0 Å². The maximum Gasteiger partial charge on any atom is 0.0110 e. The fraction of sp³-hybridized carbons (Fsp3) is 1.00. The highest BCUT2D eigenvalue weighted by atomic mass is 15.2. The van der Waals surface area contributed by atoms with E-state index in [9.17, 15) is 0 Å². The minimum Gasteiger partial charge on any atom is -0.314 e. The number of hydrogen-bond donors (Lipinski definition) is 1. The summed E-state index contributed by atoms with van der Waals surface area (Å²) >= 11 is 0. The average Bonchev–Trinajstić information content (AvgIpc) is 2.34. The number of piperazine rings is 1. The van der Waals surface area contributed by atoms with Crippen molar-refractivity contribution in [3.63, 3.8) is 0 Å². The monoisotopic (exact) mass is 242 g/mol. The van der Waals surface area contributed by atoms with Crippen molar-refractivity contribution in [3.8, 4) is 0 Å². The summed E-state index contributed by atoms with van der Waals surface area (Å²) in [7, 11) is 4.30. The Kier molecular flexibility index (Phi) is 7.77. The van der Waals surface area contributed by atoms with E-state index in [0.29, 0.717) is 0 Å². The molecule has 0 saturated carbocycles. The van der Waals surface area contributed by atoms with E-state index in [1.807, 2.05) is 0 Å². The van der Waals surface area contributed by atoms with E-state index in [1.165, 1.54) is 52.2 Å². The van der Waals surface area contributed by atoms with Gasteiger partial charge in [-0.05, 0) is 40.2 Å². The smallest absolute Gasteiger partial charge is 0.0110 e. The summed E-state index contributed by atoms with van der Waals surface area (Å²) in [5.41, 5.74) is 0. The highest BCUT2D eigenvalue weighted by Gasteiger charge is 2.10. The fourth-order valence-electron chi connectivity index (χ4n) is 2.26. The first kappa shape index (κ1) is 14.9. The second-order valence-electron chi connectivity index (χ2n) is 5.18. The van der Waals surface area contributed by atoms with E-state index in [2.05, 4.69) is 41.0 Å². The SMILES string of the molecule is CCN(CCCN(C)C)CCN1CCNCC1. The molecule has 0 spiro atoms. The molecule has 1 N–H and O–H groups in total. The maximum absolute atomic E-state index is 3.40. The zero-order chi connectivity index (χ0) is 12.5. The third-order valence-corrected chi connectivity index (χ3v) is 3.47. The molecule has 0 unspecified atom stereocenters. The predicted octanol–water partition coefficient (Wildman–Crippen LogP) is 0.165. The highest BCUT2D eigenvalue weighted by Crippen LogP contribution is 1.96. The van der Waals surface area contributed by atoms with Crippen molar-refractivity contribution in [2.24, 2.45) is 0 Å². The van der Waals surface area contributed by atoms with Gasteiger partial charge in [-0.2, -0.15) is 0 Å². The molecule has 1 aliphatic heterocycles. The number of hydrogen-bond acceptors (Lipinski definition) is 4. The van der Waals surface area contributed by atoms with Crippen molar-refractivity contribution >= 4 is 0 Å². The van der Waals surface area contributed by atoms with Gasteiger partial charge in [0.2, 0.25) is 0 Å². The molecule has 1 fully saturated rings. The molecule has 0 amide bonds. The lowest BCUT2D eigenvalue weighted by Crippen LogP contribution is -2.46. The lowest BCUT2D eigenvalue weighted by atomic mass is 10.3. The quantitative estimate of drug-likeness (QED) is 0.655. The Balaban J connectivity index is 2.08. The van der Waals surface area contributed by atoms with Crippen LogP contribution in [0.4, 0.5) is 0 Å². The molecule has 4 nitrogen and oxygen atoms in total. The zero-order valence-corrected chi connectivity index (χ0v) is 11.9. The summed E-state index contributed by atoms with van der Waals surface area (Å²) in [5, 5.41) is 3.40. The predicted molar refractivity (Wildman–Crippen MR) is 74.6 cm³/mol. The molecule has 0 aromatic heterocycles. The van der Waals surface area contributed by atoms with Crippen LogP contribution in [0.1, 0.15) is 13.3 Å². The summed E-state index contributed by atoms with van der Waals surface area (Å²) in [4.78, 5) is 7.42. The Bertz CT molecular complexity index is 178. The fourth-order valence-corrected chi connectivity index (χ4v) is 2.26. The third-order valence-electron chi connectivity index (χ3n) is 3.47. The molecule has 0 aliphatic carbocycles. The van der Waals surface area contributed by atoms with Crippen LogP contribution in [0.3, 0.4) is 0 Å². The molecule has 4 heteroatoms. The topological polar surface area (TPSA) is 21.8 Å². The van der Waals surface area contributed by atoms with Crippen molar-refractivity contribution in [2.45, 2.75) is 13.3 Å². The first-order valence-corrected chi connectivity index (χ1v) is 7.02. The molecule has 0 radical (unpaired) electrons. The lowest BCUT2D eigenvalue weighted by Gasteiger charge is -2.30. The highest BCUT2D eigenvalue weighted by molar-refractivity contribution is 4.69. The standard InChI is InChI=1S/C13H30N4/c1-4-16(9-5-8-15(2)3)12-13-17-10-6-14-7-11-17/h14H,4-13H2,1-3H3. The third kappa shape index (κ3) is 6.99. The van der Waals surface area contributed by atoms with E-state index in [0.717, 1.165) is 13.1 Å². The van der Waals surface area contributed by atoms with E-state index in [1.54, 1.807) is 0 Å². The van der Waals surface area contributed by atoms with E-state index < -0.39 is 0 Å². The van der Waals surface area contributed by atoms with Crippen LogP contribution in [-0.4, -0.2) is 87.7 Å². The van der Waals surface area contributed by atoms with Crippen LogP contribution < -0.4 is 5.32 Å². The molecule has 1 rings (SSSR count). The number of rotatable bonds is 8. The zero-order valence-electron chi connectivity index (χ0n) is 11.9. The van der Waals surface area contributed by atoms with Gasteiger partial charge in [0.25, 0.3) is 0 Å². The van der Waals surface area contributed by atoms with Gasteiger partial charge in [-0.25, -0.2) is 0 Å². The molecule has 0 aromatic carbocycles. The summed E-state index contributed by atoms with van der Waals surface area (Å²) in [5.74, 6) is 0.